The van der Waals surface area contributed by atoms with Crippen molar-refractivity contribution >= 4 is 29.0 Å². The van der Waals surface area contributed by atoms with Gasteiger partial charge in [0.2, 0.25) is 17.6 Å². The topological polar surface area (TPSA) is 126 Å². The molecular weight excluding hydrogens is 398 g/mol. The van der Waals surface area contributed by atoms with Crippen molar-refractivity contribution in [3.8, 4) is 0 Å². The molecule has 158 valence electrons. The van der Waals surface area contributed by atoms with Crippen LogP contribution >= 0.6 is 0 Å². The molecule has 1 aromatic carbocycles. The zero-order valence-electron chi connectivity index (χ0n) is 17.0. The molecule has 3 heterocycles. The Morgan fingerprint density at radius 1 is 1.35 bits per heavy atom. The number of hydrogen-bond donors (Lipinski definition) is 2. The first-order valence-corrected chi connectivity index (χ1v) is 9.77. The molecule has 0 aliphatic carbocycles. The summed E-state index contributed by atoms with van der Waals surface area (Å²) in [6.07, 6.45) is 7.15. The van der Waals surface area contributed by atoms with E-state index in [4.69, 9.17) is 9.26 Å². The summed E-state index contributed by atoms with van der Waals surface area (Å²) in [4.78, 5) is 27.7. The summed E-state index contributed by atoms with van der Waals surface area (Å²) in [5.74, 6) is 1.60. The Hall–Kier alpha value is -4.01. The van der Waals surface area contributed by atoms with Gasteiger partial charge in [-0.05, 0) is 55.8 Å². The van der Waals surface area contributed by atoms with E-state index in [0.29, 0.717) is 40.8 Å². The van der Waals surface area contributed by atoms with Gasteiger partial charge in [0, 0.05) is 6.08 Å². The summed E-state index contributed by atoms with van der Waals surface area (Å²) in [5, 5.41) is 13.8. The molecule has 0 radical (unpaired) electrons. The van der Waals surface area contributed by atoms with Crippen LogP contribution in [0.1, 0.15) is 42.9 Å². The minimum Gasteiger partial charge on any atom is -0.493 e. The Balaban J connectivity index is 1.58. The lowest BCUT2D eigenvalue weighted by Crippen LogP contribution is -2.12. The predicted molar refractivity (Wildman–Crippen MR) is 117 cm³/mol. The van der Waals surface area contributed by atoms with Crippen molar-refractivity contribution in [1.82, 2.24) is 20.1 Å². The van der Waals surface area contributed by atoms with Crippen LogP contribution in [0.15, 0.2) is 56.6 Å². The summed E-state index contributed by atoms with van der Waals surface area (Å²) in [5.41, 5.74) is 1.96. The molecule has 0 atom stereocenters. The number of rotatable bonds is 6. The molecule has 1 aliphatic rings. The molecule has 3 aromatic rings. The molecule has 0 amide bonds. The molecule has 0 saturated heterocycles. The summed E-state index contributed by atoms with van der Waals surface area (Å²) < 4.78 is 10.8. The highest BCUT2D eigenvalue weighted by Crippen LogP contribution is 2.20. The van der Waals surface area contributed by atoms with Crippen LogP contribution in [0.25, 0.3) is 22.2 Å². The lowest BCUT2D eigenvalue weighted by molar-refractivity contribution is 0.254. The zero-order valence-corrected chi connectivity index (χ0v) is 17.0. The molecule has 1 aliphatic heterocycles. The van der Waals surface area contributed by atoms with Crippen LogP contribution in [-0.2, 0) is 11.2 Å². The Labute approximate surface area is 177 Å². The number of allylic oxidation sites excluding steroid dienone is 4. The van der Waals surface area contributed by atoms with E-state index in [-0.39, 0.29) is 17.9 Å². The number of aliphatic imine (C=N–C) groups is 1. The van der Waals surface area contributed by atoms with E-state index in [1.54, 1.807) is 18.2 Å². The first kappa shape index (κ1) is 20.3. The highest BCUT2D eigenvalue weighted by atomic mass is 16.5. The zero-order chi connectivity index (χ0) is 21.8. The molecule has 0 saturated carbocycles. The van der Waals surface area contributed by atoms with Crippen LogP contribution in [-0.4, -0.2) is 38.5 Å². The Bertz CT molecular complexity index is 1280. The molecule has 0 spiro atoms. The van der Waals surface area contributed by atoms with Crippen molar-refractivity contribution in [2.24, 2.45) is 4.99 Å². The number of aliphatic hydroxyl groups is 1. The van der Waals surface area contributed by atoms with E-state index in [1.807, 2.05) is 19.1 Å². The SMILES string of the molecule is C=N/C(O)=C\C=C(/C)c1ccc2nc(Cc3nc(C4=CCCCO4)no3)[nH]c(=O)c2c1. The summed E-state index contributed by atoms with van der Waals surface area (Å²) in [7, 11) is 0. The van der Waals surface area contributed by atoms with Gasteiger partial charge in [-0.1, -0.05) is 17.3 Å². The van der Waals surface area contributed by atoms with Gasteiger partial charge >= 0.3 is 0 Å². The molecule has 0 fully saturated rings. The molecule has 0 bridgehead atoms. The lowest BCUT2D eigenvalue weighted by atomic mass is 10.0. The maximum absolute atomic E-state index is 12.6. The van der Waals surface area contributed by atoms with Crippen LogP contribution in [0.3, 0.4) is 0 Å². The largest absolute Gasteiger partial charge is 0.493 e. The van der Waals surface area contributed by atoms with Gasteiger partial charge in [0.25, 0.3) is 5.56 Å². The molecule has 0 unspecified atom stereocenters. The third-order valence-electron chi connectivity index (χ3n) is 4.80. The quantitative estimate of drug-likeness (QED) is 0.355. The molecule has 31 heavy (non-hydrogen) atoms. The van der Waals surface area contributed by atoms with E-state index in [2.05, 4.69) is 31.8 Å². The third-order valence-corrected chi connectivity index (χ3v) is 4.80. The number of ether oxygens (including phenoxy) is 1. The molecular formula is C22H21N5O4. The molecule has 9 heteroatoms. The van der Waals surface area contributed by atoms with Gasteiger partial charge in [-0.25, -0.2) is 9.98 Å². The number of benzene rings is 1. The minimum atomic E-state index is -0.265. The van der Waals surface area contributed by atoms with Crippen molar-refractivity contribution in [3.63, 3.8) is 0 Å². The number of nitrogens with zero attached hydrogens (tertiary/aromatic N) is 4. The number of aromatic nitrogens is 4. The molecule has 9 nitrogen and oxygen atoms in total. The number of hydrogen-bond acceptors (Lipinski definition) is 8. The van der Waals surface area contributed by atoms with Gasteiger partial charge in [0.1, 0.15) is 5.82 Å². The first-order chi connectivity index (χ1) is 15.0. The van der Waals surface area contributed by atoms with Gasteiger partial charge in [-0.3, -0.25) is 4.79 Å². The number of aliphatic hydroxyl groups excluding tert-OH is 1. The first-order valence-electron chi connectivity index (χ1n) is 9.77. The average molecular weight is 419 g/mol. The van der Waals surface area contributed by atoms with Gasteiger partial charge in [-0.15, -0.1) is 0 Å². The smallest absolute Gasteiger partial charge is 0.258 e. The number of aromatic amines is 1. The summed E-state index contributed by atoms with van der Waals surface area (Å²) >= 11 is 0. The second kappa shape index (κ2) is 8.78. The fraction of sp³-hybridized carbons (Fsp3) is 0.227. The molecule has 4 rings (SSSR count). The van der Waals surface area contributed by atoms with Gasteiger partial charge in [-0.2, -0.15) is 4.98 Å². The van der Waals surface area contributed by atoms with Gasteiger partial charge < -0.3 is 19.4 Å². The standard InChI is InChI=1S/C22H21N5O4/c1-13(6-9-19(28)23-2)14-7-8-16-15(11-14)22(29)25-18(24-16)12-20-26-21(27-31-20)17-5-3-4-10-30-17/h5-9,11,28H,2-4,10,12H2,1H3,(H,24,25,29)/b13-6+,19-9+. The van der Waals surface area contributed by atoms with E-state index >= 15 is 0 Å². The van der Waals surface area contributed by atoms with Crippen molar-refractivity contribution in [2.45, 2.75) is 26.2 Å². The predicted octanol–water partition coefficient (Wildman–Crippen LogP) is 3.55. The van der Waals surface area contributed by atoms with Crippen molar-refractivity contribution in [3.05, 3.63) is 75.8 Å². The van der Waals surface area contributed by atoms with Crippen LogP contribution in [0.5, 0.6) is 0 Å². The van der Waals surface area contributed by atoms with Crippen molar-refractivity contribution in [1.29, 1.82) is 0 Å². The second-order valence-electron chi connectivity index (χ2n) is 7.02. The second-order valence-corrected chi connectivity index (χ2v) is 7.02. The third kappa shape index (κ3) is 4.61. The van der Waals surface area contributed by atoms with E-state index in [9.17, 15) is 9.90 Å². The van der Waals surface area contributed by atoms with E-state index in [1.165, 1.54) is 6.08 Å². The maximum atomic E-state index is 12.6. The number of nitrogens with one attached hydrogen (secondary N) is 1. The number of fused-ring (bicyclic) bond motifs is 1. The Morgan fingerprint density at radius 2 is 2.23 bits per heavy atom. The highest BCUT2D eigenvalue weighted by Gasteiger charge is 2.16. The van der Waals surface area contributed by atoms with Crippen LogP contribution in [0.4, 0.5) is 0 Å². The minimum absolute atomic E-state index is 0.181. The van der Waals surface area contributed by atoms with Crippen LogP contribution in [0, 0.1) is 0 Å². The highest BCUT2D eigenvalue weighted by molar-refractivity contribution is 5.82. The van der Waals surface area contributed by atoms with Gasteiger partial charge in [0.15, 0.2) is 5.76 Å². The van der Waals surface area contributed by atoms with Crippen molar-refractivity contribution < 1.29 is 14.4 Å². The molecule has 2 N–H and O–H groups in total. The monoisotopic (exact) mass is 419 g/mol. The Morgan fingerprint density at radius 3 is 3.00 bits per heavy atom. The maximum Gasteiger partial charge on any atom is 0.258 e. The Kier molecular flexibility index (Phi) is 5.74. The average Bonchev–Trinajstić information content (AvgIpc) is 3.26. The van der Waals surface area contributed by atoms with E-state index in [0.717, 1.165) is 24.0 Å². The normalized spacial score (nSPS) is 14.9. The van der Waals surface area contributed by atoms with Gasteiger partial charge in [0.05, 0.1) is 23.9 Å². The van der Waals surface area contributed by atoms with Crippen LogP contribution in [0.2, 0.25) is 0 Å². The van der Waals surface area contributed by atoms with Crippen molar-refractivity contribution in [2.75, 3.05) is 6.61 Å². The summed E-state index contributed by atoms with van der Waals surface area (Å²) in [6, 6.07) is 5.38. The fourth-order valence-corrected chi connectivity index (χ4v) is 3.15. The summed E-state index contributed by atoms with van der Waals surface area (Å²) in [6.45, 7) is 5.75. The van der Waals surface area contributed by atoms with Crippen LogP contribution < -0.4 is 5.56 Å². The number of H-pyrrole nitrogens is 1. The van der Waals surface area contributed by atoms with E-state index < -0.39 is 0 Å². The lowest BCUT2D eigenvalue weighted by Gasteiger charge is -2.10. The fourth-order valence-electron chi connectivity index (χ4n) is 3.15. The molecule has 2 aromatic heterocycles.